The molecule has 0 fully saturated rings. The molecule has 1 heterocycles. The van der Waals surface area contributed by atoms with E-state index in [2.05, 4.69) is 35.8 Å². The van der Waals surface area contributed by atoms with Crippen LogP contribution in [0.5, 0.6) is 5.75 Å². The van der Waals surface area contributed by atoms with Gasteiger partial charge in [-0.1, -0.05) is 41.4 Å². The first-order valence-electron chi connectivity index (χ1n) is 9.90. The summed E-state index contributed by atoms with van der Waals surface area (Å²) in [5.74, 6) is 0.521. The summed E-state index contributed by atoms with van der Waals surface area (Å²) in [5, 5.41) is 0.629. The van der Waals surface area contributed by atoms with Crippen molar-refractivity contribution in [1.82, 2.24) is 9.47 Å². The smallest absolute Gasteiger partial charge is 0.260 e. The minimum Gasteiger partial charge on any atom is -0.484 e. The van der Waals surface area contributed by atoms with Crippen LogP contribution in [0.2, 0.25) is 5.02 Å². The van der Waals surface area contributed by atoms with Gasteiger partial charge < -0.3 is 18.9 Å². The molecule has 0 radical (unpaired) electrons. The molecule has 0 unspecified atom stereocenters. The van der Waals surface area contributed by atoms with E-state index in [0.717, 1.165) is 12.2 Å². The van der Waals surface area contributed by atoms with Gasteiger partial charge in [0.25, 0.3) is 5.91 Å². The van der Waals surface area contributed by atoms with Gasteiger partial charge in [-0.15, -0.1) is 0 Å². The van der Waals surface area contributed by atoms with Crippen LogP contribution in [0, 0.1) is 6.92 Å². The number of hydrogen-bond acceptors (Lipinski definition) is 3. The number of rotatable bonds is 10. The minimum absolute atomic E-state index is 0.0377. The molecule has 0 saturated heterocycles. The molecule has 158 valence electrons. The molecule has 0 spiro atoms. The number of amides is 1. The first kappa shape index (κ1) is 21.9. The summed E-state index contributed by atoms with van der Waals surface area (Å²) in [6, 6.07) is 19.5. The molecule has 1 amide bonds. The van der Waals surface area contributed by atoms with Gasteiger partial charge in [-0.05, 0) is 48.9 Å². The first-order valence-corrected chi connectivity index (χ1v) is 10.3. The standard InChI is InChI=1S/C24H27ClN2O3/c1-19-5-7-20(8-6-19)16-26-13-3-4-22(26)17-27(14-15-29-2)24(28)18-30-23-11-9-21(25)10-12-23/h3-13H,14-18H2,1-2H3. The maximum Gasteiger partial charge on any atom is 0.260 e. The molecule has 0 aliphatic rings. The van der Waals surface area contributed by atoms with E-state index < -0.39 is 0 Å². The van der Waals surface area contributed by atoms with Gasteiger partial charge in [-0.2, -0.15) is 0 Å². The number of benzene rings is 2. The molecular formula is C24H27ClN2O3. The third-order valence-corrected chi connectivity index (χ3v) is 5.10. The normalized spacial score (nSPS) is 10.8. The molecule has 6 heteroatoms. The second-order valence-corrected chi connectivity index (χ2v) is 7.60. The van der Waals surface area contributed by atoms with Crippen LogP contribution in [0.4, 0.5) is 0 Å². The average Bonchev–Trinajstić information content (AvgIpc) is 3.18. The van der Waals surface area contributed by atoms with E-state index >= 15 is 0 Å². The third-order valence-electron chi connectivity index (χ3n) is 4.84. The van der Waals surface area contributed by atoms with Crippen molar-refractivity contribution in [2.75, 3.05) is 26.9 Å². The van der Waals surface area contributed by atoms with E-state index in [1.54, 1.807) is 36.3 Å². The van der Waals surface area contributed by atoms with E-state index in [0.29, 0.717) is 30.5 Å². The molecule has 0 bridgehead atoms. The van der Waals surface area contributed by atoms with Crippen LogP contribution in [0.15, 0.2) is 66.9 Å². The first-order chi connectivity index (χ1) is 14.5. The van der Waals surface area contributed by atoms with Crippen molar-refractivity contribution in [2.45, 2.75) is 20.0 Å². The second kappa shape index (κ2) is 10.9. The van der Waals surface area contributed by atoms with E-state index in [4.69, 9.17) is 21.1 Å². The molecule has 0 aliphatic heterocycles. The van der Waals surface area contributed by atoms with Gasteiger partial charge in [0.2, 0.25) is 0 Å². The largest absolute Gasteiger partial charge is 0.484 e. The molecular weight excluding hydrogens is 400 g/mol. The highest BCUT2D eigenvalue weighted by Gasteiger charge is 2.16. The van der Waals surface area contributed by atoms with Crippen molar-refractivity contribution in [3.63, 3.8) is 0 Å². The Bertz CT molecular complexity index is 936. The van der Waals surface area contributed by atoms with Crippen molar-refractivity contribution in [1.29, 1.82) is 0 Å². The molecule has 3 rings (SSSR count). The predicted octanol–water partition coefficient (Wildman–Crippen LogP) is 4.55. The number of aromatic nitrogens is 1. The fourth-order valence-corrected chi connectivity index (χ4v) is 3.22. The van der Waals surface area contributed by atoms with E-state index in [1.807, 2.05) is 18.3 Å². The predicted molar refractivity (Wildman–Crippen MR) is 119 cm³/mol. The van der Waals surface area contributed by atoms with Gasteiger partial charge in [0, 0.05) is 37.1 Å². The van der Waals surface area contributed by atoms with Gasteiger partial charge in [-0.25, -0.2) is 0 Å². The van der Waals surface area contributed by atoms with Crippen LogP contribution in [0.1, 0.15) is 16.8 Å². The minimum atomic E-state index is -0.0925. The van der Waals surface area contributed by atoms with Gasteiger partial charge in [0.1, 0.15) is 5.75 Å². The number of carbonyl (C=O) groups excluding carboxylic acids is 1. The number of hydrogen-bond donors (Lipinski definition) is 0. The number of aryl methyl sites for hydroxylation is 1. The summed E-state index contributed by atoms with van der Waals surface area (Å²) >= 11 is 5.90. The lowest BCUT2D eigenvalue weighted by molar-refractivity contribution is -0.134. The fraction of sp³-hybridized carbons (Fsp3) is 0.292. The highest BCUT2D eigenvalue weighted by Crippen LogP contribution is 2.16. The summed E-state index contributed by atoms with van der Waals surface area (Å²) < 4.78 is 13.0. The molecule has 1 aromatic heterocycles. The van der Waals surface area contributed by atoms with Crippen LogP contribution in [-0.4, -0.2) is 42.2 Å². The summed E-state index contributed by atoms with van der Waals surface area (Å²) in [6.45, 7) is 4.25. The summed E-state index contributed by atoms with van der Waals surface area (Å²) in [6.07, 6.45) is 2.04. The number of nitrogens with zero attached hydrogens (tertiary/aromatic N) is 2. The lowest BCUT2D eigenvalue weighted by Crippen LogP contribution is -2.37. The van der Waals surface area contributed by atoms with Crippen LogP contribution in [-0.2, 0) is 22.6 Å². The quantitative estimate of drug-likeness (QED) is 0.477. The number of ether oxygens (including phenoxy) is 2. The Balaban J connectivity index is 1.65. The summed E-state index contributed by atoms with van der Waals surface area (Å²) in [5.41, 5.74) is 3.52. The van der Waals surface area contributed by atoms with Crippen molar-refractivity contribution in [2.24, 2.45) is 0 Å². The zero-order chi connectivity index (χ0) is 21.3. The van der Waals surface area contributed by atoms with Crippen LogP contribution >= 0.6 is 11.6 Å². The zero-order valence-corrected chi connectivity index (χ0v) is 18.1. The maximum absolute atomic E-state index is 12.8. The Morgan fingerprint density at radius 1 is 1.07 bits per heavy atom. The van der Waals surface area contributed by atoms with Crippen molar-refractivity contribution >= 4 is 17.5 Å². The molecule has 0 saturated carbocycles. The monoisotopic (exact) mass is 426 g/mol. The Labute approximate surface area is 182 Å². The fourth-order valence-electron chi connectivity index (χ4n) is 3.09. The third kappa shape index (κ3) is 6.37. The molecule has 0 atom stereocenters. The van der Waals surface area contributed by atoms with Gasteiger partial charge in [0.05, 0.1) is 13.2 Å². The van der Waals surface area contributed by atoms with E-state index in [-0.39, 0.29) is 12.5 Å². The van der Waals surface area contributed by atoms with Crippen molar-refractivity contribution in [3.8, 4) is 5.75 Å². The Kier molecular flexibility index (Phi) is 7.94. The average molecular weight is 427 g/mol. The molecule has 2 aromatic carbocycles. The van der Waals surface area contributed by atoms with Crippen molar-refractivity contribution < 1.29 is 14.3 Å². The van der Waals surface area contributed by atoms with E-state index in [1.165, 1.54) is 11.1 Å². The summed E-state index contributed by atoms with van der Waals surface area (Å²) in [4.78, 5) is 14.6. The molecule has 30 heavy (non-hydrogen) atoms. The second-order valence-electron chi connectivity index (χ2n) is 7.16. The highest BCUT2D eigenvalue weighted by atomic mass is 35.5. The molecule has 0 aliphatic carbocycles. The van der Waals surface area contributed by atoms with Crippen LogP contribution < -0.4 is 4.74 Å². The molecule has 3 aromatic rings. The van der Waals surface area contributed by atoms with Crippen molar-refractivity contribution in [3.05, 3.63) is 88.7 Å². The number of carbonyl (C=O) groups is 1. The molecule has 5 nitrogen and oxygen atoms in total. The van der Waals surface area contributed by atoms with Crippen LogP contribution in [0.3, 0.4) is 0 Å². The Morgan fingerprint density at radius 3 is 2.50 bits per heavy atom. The lowest BCUT2D eigenvalue weighted by Gasteiger charge is -2.23. The van der Waals surface area contributed by atoms with Gasteiger partial charge in [0.15, 0.2) is 6.61 Å². The highest BCUT2D eigenvalue weighted by molar-refractivity contribution is 6.30. The lowest BCUT2D eigenvalue weighted by atomic mass is 10.1. The van der Waals surface area contributed by atoms with Crippen LogP contribution in [0.25, 0.3) is 0 Å². The number of halogens is 1. The molecule has 0 N–H and O–H groups in total. The van der Waals surface area contributed by atoms with Gasteiger partial charge in [-0.3, -0.25) is 4.79 Å². The van der Waals surface area contributed by atoms with E-state index in [9.17, 15) is 4.79 Å². The SMILES string of the molecule is COCCN(Cc1cccn1Cc1ccc(C)cc1)C(=O)COc1ccc(Cl)cc1. The zero-order valence-electron chi connectivity index (χ0n) is 17.4. The Morgan fingerprint density at radius 2 is 1.80 bits per heavy atom. The topological polar surface area (TPSA) is 43.7 Å². The number of methoxy groups -OCH3 is 1. The van der Waals surface area contributed by atoms with Gasteiger partial charge >= 0.3 is 0 Å². The maximum atomic E-state index is 12.8. The summed E-state index contributed by atoms with van der Waals surface area (Å²) in [7, 11) is 1.63. The Hall–Kier alpha value is -2.76.